The molecule has 0 spiro atoms. The molecule has 0 aliphatic heterocycles. The zero-order chi connectivity index (χ0) is 12.3. The number of rotatable bonds is 4. The Balaban J connectivity index is 2.16. The lowest BCUT2D eigenvalue weighted by atomic mass is 10.4. The lowest BCUT2D eigenvalue weighted by Crippen LogP contribution is -2.11. The van der Waals surface area contributed by atoms with Crippen LogP contribution >= 0.6 is 22.9 Å². The van der Waals surface area contributed by atoms with Gasteiger partial charge in [0.25, 0.3) is 0 Å². The van der Waals surface area contributed by atoms with Gasteiger partial charge in [0.1, 0.15) is 5.69 Å². The molecule has 2 rings (SSSR count). The number of thiophene rings is 1. The fourth-order valence-corrected chi connectivity index (χ4v) is 2.63. The Morgan fingerprint density at radius 1 is 1.47 bits per heavy atom. The van der Waals surface area contributed by atoms with E-state index in [1.165, 1.54) is 11.3 Å². The zero-order valence-electron chi connectivity index (χ0n) is 9.35. The summed E-state index contributed by atoms with van der Waals surface area (Å²) in [6, 6.07) is 7.41. The molecule has 0 fully saturated rings. The molecule has 2 aromatic rings. The molecule has 0 saturated carbocycles. The van der Waals surface area contributed by atoms with Crippen LogP contribution in [0.2, 0.25) is 4.34 Å². The van der Waals surface area contributed by atoms with Crippen LogP contribution in [0.25, 0.3) is 0 Å². The number of nitrogens with zero attached hydrogens (tertiary/aromatic N) is 1. The van der Waals surface area contributed by atoms with Crippen molar-refractivity contribution in [2.75, 3.05) is 6.61 Å². The Hall–Kier alpha value is -1.26. The Bertz CT molecular complexity index is 518. The van der Waals surface area contributed by atoms with Gasteiger partial charge in [-0.15, -0.1) is 11.3 Å². The lowest BCUT2D eigenvalue weighted by Gasteiger charge is -2.06. The van der Waals surface area contributed by atoms with Crippen LogP contribution in [0.3, 0.4) is 0 Å². The van der Waals surface area contributed by atoms with Crippen LogP contribution in [0, 0.1) is 0 Å². The summed E-state index contributed by atoms with van der Waals surface area (Å²) in [6.07, 6.45) is 1.86. The average molecular weight is 270 g/mol. The number of esters is 1. The average Bonchev–Trinajstić information content (AvgIpc) is 2.89. The number of carbonyl (C=O) groups excluding carboxylic acids is 1. The highest BCUT2D eigenvalue weighted by Crippen LogP contribution is 2.22. The van der Waals surface area contributed by atoms with E-state index in [1.807, 2.05) is 29.0 Å². The topological polar surface area (TPSA) is 31.2 Å². The molecule has 0 bridgehead atoms. The van der Waals surface area contributed by atoms with E-state index in [2.05, 4.69) is 0 Å². The maximum absolute atomic E-state index is 11.7. The Morgan fingerprint density at radius 2 is 2.29 bits per heavy atom. The molecule has 3 nitrogen and oxygen atoms in total. The molecular weight excluding hydrogens is 258 g/mol. The van der Waals surface area contributed by atoms with E-state index in [0.717, 1.165) is 9.21 Å². The van der Waals surface area contributed by atoms with Crippen molar-refractivity contribution in [2.45, 2.75) is 13.5 Å². The van der Waals surface area contributed by atoms with Crippen molar-refractivity contribution >= 4 is 28.9 Å². The normalized spacial score (nSPS) is 10.5. The van der Waals surface area contributed by atoms with Crippen LogP contribution in [0.1, 0.15) is 22.3 Å². The molecule has 0 aliphatic rings. The molecule has 2 aromatic heterocycles. The number of halogens is 1. The van der Waals surface area contributed by atoms with Crippen LogP contribution in [0.4, 0.5) is 0 Å². The minimum Gasteiger partial charge on any atom is -0.461 e. The summed E-state index contributed by atoms with van der Waals surface area (Å²) < 4.78 is 7.60. The van der Waals surface area contributed by atoms with Gasteiger partial charge in [-0.05, 0) is 31.2 Å². The molecular formula is C12H12ClNO2S. The molecule has 0 N–H and O–H groups in total. The number of aromatic nitrogens is 1. The molecule has 17 heavy (non-hydrogen) atoms. The van der Waals surface area contributed by atoms with Gasteiger partial charge in [0.15, 0.2) is 0 Å². The van der Waals surface area contributed by atoms with Crippen LogP contribution in [0.5, 0.6) is 0 Å². The van der Waals surface area contributed by atoms with Gasteiger partial charge in [-0.25, -0.2) is 4.79 Å². The second-order valence-corrected chi connectivity index (χ2v) is 5.25. The van der Waals surface area contributed by atoms with Gasteiger partial charge in [-0.3, -0.25) is 0 Å². The number of hydrogen-bond acceptors (Lipinski definition) is 3. The summed E-state index contributed by atoms with van der Waals surface area (Å²) in [5, 5.41) is 0. The highest BCUT2D eigenvalue weighted by atomic mass is 35.5. The van der Waals surface area contributed by atoms with E-state index in [4.69, 9.17) is 16.3 Å². The Morgan fingerprint density at radius 3 is 2.94 bits per heavy atom. The van der Waals surface area contributed by atoms with Gasteiger partial charge >= 0.3 is 5.97 Å². The van der Waals surface area contributed by atoms with Crippen molar-refractivity contribution in [3.63, 3.8) is 0 Å². The minimum atomic E-state index is -0.292. The predicted octanol–water partition coefficient (Wildman–Crippen LogP) is 3.43. The third-order valence-corrected chi connectivity index (χ3v) is 3.49. The van der Waals surface area contributed by atoms with E-state index in [0.29, 0.717) is 18.8 Å². The molecule has 2 heterocycles. The van der Waals surface area contributed by atoms with Gasteiger partial charge in [0.05, 0.1) is 17.5 Å². The van der Waals surface area contributed by atoms with Gasteiger partial charge in [-0.2, -0.15) is 0 Å². The maximum atomic E-state index is 11.7. The Labute approximate surface area is 109 Å². The molecule has 0 aromatic carbocycles. The first-order valence-corrected chi connectivity index (χ1v) is 6.46. The summed E-state index contributed by atoms with van der Waals surface area (Å²) in [5.74, 6) is -0.292. The third kappa shape index (κ3) is 2.90. The largest absolute Gasteiger partial charge is 0.461 e. The molecule has 0 atom stereocenters. The van der Waals surface area contributed by atoms with Crippen molar-refractivity contribution in [1.82, 2.24) is 4.57 Å². The van der Waals surface area contributed by atoms with Crippen molar-refractivity contribution in [3.8, 4) is 0 Å². The Kier molecular flexibility index (Phi) is 3.86. The van der Waals surface area contributed by atoms with Crippen molar-refractivity contribution in [1.29, 1.82) is 0 Å². The first-order valence-electron chi connectivity index (χ1n) is 5.27. The predicted molar refractivity (Wildman–Crippen MR) is 68.8 cm³/mol. The second-order valence-electron chi connectivity index (χ2n) is 3.45. The van der Waals surface area contributed by atoms with E-state index >= 15 is 0 Å². The summed E-state index contributed by atoms with van der Waals surface area (Å²) in [4.78, 5) is 12.8. The fraction of sp³-hybridized carbons (Fsp3) is 0.250. The maximum Gasteiger partial charge on any atom is 0.354 e. The van der Waals surface area contributed by atoms with Crippen molar-refractivity contribution in [3.05, 3.63) is 45.4 Å². The molecule has 0 aliphatic carbocycles. The van der Waals surface area contributed by atoms with Crippen LogP contribution in [0.15, 0.2) is 30.5 Å². The summed E-state index contributed by atoms with van der Waals surface area (Å²) >= 11 is 7.38. The number of hydrogen-bond donors (Lipinski definition) is 0. The zero-order valence-corrected chi connectivity index (χ0v) is 10.9. The van der Waals surface area contributed by atoms with Gasteiger partial charge < -0.3 is 9.30 Å². The number of carbonyl (C=O) groups is 1. The first-order chi connectivity index (χ1) is 8.20. The molecule has 5 heteroatoms. The summed E-state index contributed by atoms with van der Waals surface area (Å²) in [6.45, 7) is 2.82. The van der Waals surface area contributed by atoms with Crippen molar-refractivity contribution in [2.24, 2.45) is 0 Å². The van der Waals surface area contributed by atoms with Crippen molar-refractivity contribution < 1.29 is 9.53 Å². The molecule has 90 valence electrons. The van der Waals surface area contributed by atoms with Crippen LogP contribution in [-0.2, 0) is 11.3 Å². The smallest absolute Gasteiger partial charge is 0.354 e. The van der Waals surface area contributed by atoms with Gasteiger partial charge in [0.2, 0.25) is 0 Å². The number of ether oxygens (including phenoxy) is 1. The summed E-state index contributed by atoms with van der Waals surface area (Å²) in [5.41, 5.74) is 0.566. The minimum absolute atomic E-state index is 0.292. The molecule has 0 saturated heterocycles. The van der Waals surface area contributed by atoms with Gasteiger partial charge in [-0.1, -0.05) is 11.6 Å². The first kappa shape index (κ1) is 12.2. The highest BCUT2D eigenvalue weighted by molar-refractivity contribution is 7.16. The van der Waals surface area contributed by atoms with E-state index in [9.17, 15) is 4.79 Å². The monoisotopic (exact) mass is 269 g/mol. The molecule has 0 amide bonds. The highest BCUT2D eigenvalue weighted by Gasteiger charge is 2.12. The van der Waals surface area contributed by atoms with Crippen LogP contribution < -0.4 is 0 Å². The standard InChI is InChI=1S/C12H12ClNO2S/c1-2-16-12(15)10-4-3-7-14(10)8-9-5-6-11(13)17-9/h3-7H,2,8H2,1H3. The third-order valence-electron chi connectivity index (χ3n) is 2.27. The molecule has 0 unspecified atom stereocenters. The quantitative estimate of drug-likeness (QED) is 0.797. The van der Waals surface area contributed by atoms with E-state index in [-0.39, 0.29) is 5.97 Å². The SMILES string of the molecule is CCOC(=O)c1cccn1Cc1ccc(Cl)s1. The van der Waals surface area contributed by atoms with E-state index in [1.54, 1.807) is 13.0 Å². The summed E-state index contributed by atoms with van der Waals surface area (Å²) in [7, 11) is 0. The van der Waals surface area contributed by atoms with Gasteiger partial charge in [0, 0.05) is 11.1 Å². The van der Waals surface area contributed by atoms with Crippen LogP contribution in [-0.4, -0.2) is 17.1 Å². The fourth-order valence-electron chi connectivity index (χ4n) is 1.55. The second kappa shape index (κ2) is 5.38. The van der Waals surface area contributed by atoms with E-state index < -0.39 is 0 Å². The molecule has 0 radical (unpaired) electrons. The lowest BCUT2D eigenvalue weighted by molar-refractivity contribution is 0.0514.